The lowest BCUT2D eigenvalue weighted by molar-refractivity contribution is -0.125. The summed E-state index contributed by atoms with van der Waals surface area (Å²) in [5.41, 5.74) is 1.65. The van der Waals surface area contributed by atoms with Crippen LogP contribution in [0.4, 0.5) is 0 Å². The van der Waals surface area contributed by atoms with Gasteiger partial charge in [0.05, 0.1) is 6.04 Å². The number of likely N-dealkylation sites (tertiary alicyclic amines) is 2. The smallest absolute Gasteiger partial charge is 0.237 e. The SMILES string of the molecule is CCCN1CC2(CCN(C)CC2)C[C@@H]1C(=O)NCCc1ccccc1. The van der Waals surface area contributed by atoms with Gasteiger partial charge in [0.25, 0.3) is 0 Å². The molecule has 0 aromatic heterocycles. The zero-order chi connectivity index (χ0) is 17.7. The molecule has 1 aromatic rings. The second-order valence-electron chi connectivity index (χ2n) is 8.02. The van der Waals surface area contributed by atoms with Crippen molar-refractivity contribution in [3.8, 4) is 0 Å². The number of rotatable bonds is 6. The van der Waals surface area contributed by atoms with E-state index in [1.807, 2.05) is 6.07 Å². The van der Waals surface area contributed by atoms with Crippen LogP contribution in [0.3, 0.4) is 0 Å². The van der Waals surface area contributed by atoms with Crippen molar-refractivity contribution >= 4 is 5.91 Å². The molecule has 1 amide bonds. The number of carbonyl (C=O) groups excluding carboxylic acids is 1. The molecule has 2 heterocycles. The first-order valence-electron chi connectivity index (χ1n) is 9.86. The lowest BCUT2D eigenvalue weighted by Crippen LogP contribution is -2.44. The monoisotopic (exact) mass is 343 g/mol. The van der Waals surface area contributed by atoms with Gasteiger partial charge in [0, 0.05) is 13.1 Å². The molecule has 2 aliphatic heterocycles. The normalized spacial score (nSPS) is 23.8. The van der Waals surface area contributed by atoms with E-state index in [4.69, 9.17) is 0 Å². The zero-order valence-corrected chi connectivity index (χ0v) is 15.8. The molecule has 0 radical (unpaired) electrons. The fraction of sp³-hybridized carbons (Fsp3) is 0.667. The Morgan fingerprint density at radius 2 is 1.96 bits per heavy atom. The highest BCUT2D eigenvalue weighted by Crippen LogP contribution is 2.43. The predicted molar refractivity (Wildman–Crippen MR) is 103 cm³/mol. The molecule has 0 saturated carbocycles. The molecule has 4 heteroatoms. The van der Waals surface area contributed by atoms with Crippen LogP contribution in [0.15, 0.2) is 30.3 Å². The molecular weight excluding hydrogens is 310 g/mol. The van der Waals surface area contributed by atoms with Crippen LogP contribution in [0.5, 0.6) is 0 Å². The third-order valence-corrected chi connectivity index (χ3v) is 6.02. The van der Waals surface area contributed by atoms with Crippen LogP contribution >= 0.6 is 0 Å². The third-order valence-electron chi connectivity index (χ3n) is 6.02. The van der Waals surface area contributed by atoms with Crippen LogP contribution in [-0.2, 0) is 11.2 Å². The molecule has 3 rings (SSSR count). The minimum absolute atomic E-state index is 0.0686. The molecule has 2 aliphatic rings. The Bertz CT molecular complexity index is 552. The molecule has 1 spiro atoms. The molecule has 1 N–H and O–H groups in total. The van der Waals surface area contributed by atoms with Gasteiger partial charge in [-0.05, 0) is 69.8 Å². The first-order valence-corrected chi connectivity index (χ1v) is 9.86. The van der Waals surface area contributed by atoms with Gasteiger partial charge in [-0.2, -0.15) is 0 Å². The number of hydrogen-bond donors (Lipinski definition) is 1. The van der Waals surface area contributed by atoms with Gasteiger partial charge in [-0.15, -0.1) is 0 Å². The standard InChI is InChI=1S/C21H33N3O/c1-3-13-24-17-21(10-14-23(2)15-11-21)16-19(24)20(25)22-12-9-18-7-5-4-6-8-18/h4-8,19H,3,9-17H2,1-2H3,(H,22,25)/t19-/m1/s1. The second kappa shape index (κ2) is 8.33. The maximum atomic E-state index is 12.8. The van der Waals surface area contributed by atoms with Gasteiger partial charge < -0.3 is 10.2 Å². The molecular formula is C21H33N3O. The minimum atomic E-state index is 0.0686. The van der Waals surface area contributed by atoms with Crippen LogP contribution in [0.1, 0.15) is 38.2 Å². The number of carbonyl (C=O) groups is 1. The Labute approximate surface area is 152 Å². The fourth-order valence-electron chi connectivity index (χ4n) is 4.47. The average Bonchev–Trinajstić information content (AvgIpc) is 2.97. The summed E-state index contributed by atoms with van der Waals surface area (Å²) in [5, 5.41) is 3.20. The van der Waals surface area contributed by atoms with E-state index in [0.717, 1.165) is 38.9 Å². The summed E-state index contributed by atoms with van der Waals surface area (Å²) >= 11 is 0. The summed E-state index contributed by atoms with van der Waals surface area (Å²) in [6.45, 7) is 7.42. The van der Waals surface area contributed by atoms with Crippen LogP contribution in [-0.4, -0.2) is 61.5 Å². The van der Waals surface area contributed by atoms with Crippen molar-refractivity contribution in [2.45, 2.75) is 45.1 Å². The summed E-state index contributed by atoms with van der Waals surface area (Å²) in [7, 11) is 2.21. The maximum absolute atomic E-state index is 12.8. The number of benzene rings is 1. The van der Waals surface area contributed by atoms with Crippen molar-refractivity contribution in [1.29, 1.82) is 0 Å². The van der Waals surface area contributed by atoms with Gasteiger partial charge in [-0.3, -0.25) is 9.69 Å². The average molecular weight is 344 g/mol. The summed E-state index contributed by atoms with van der Waals surface area (Å²) in [5.74, 6) is 0.236. The van der Waals surface area contributed by atoms with Gasteiger partial charge >= 0.3 is 0 Å². The first-order chi connectivity index (χ1) is 12.1. The lowest BCUT2D eigenvalue weighted by atomic mass is 9.76. The van der Waals surface area contributed by atoms with Gasteiger partial charge in [-0.25, -0.2) is 0 Å². The maximum Gasteiger partial charge on any atom is 0.237 e. The summed E-state index contributed by atoms with van der Waals surface area (Å²) in [4.78, 5) is 17.7. The fourth-order valence-corrected chi connectivity index (χ4v) is 4.47. The van der Waals surface area contributed by atoms with E-state index in [0.29, 0.717) is 5.41 Å². The van der Waals surface area contributed by atoms with E-state index in [1.54, 1.807) is 0 Å². The van der Waals surface area contributed by atoms with Gasteiger partial charge in [-0.1, -0.05) is 37.3 Å². The van der Waals surface area contributed by atoms with E-state index < -0.39 is 0 Å². The highest BCUT2D eigenvalue weighted by molar-refractivity contribution is 5.82. The summed E-state index contributed by atoms with van der Waals surface area (Å²) in [6, 6.07) is 10.5. The van der Waals surface area contributed by atoms with Gasteiger partial charge in [0.1, 0.15) is 0 Å². The van der Waals surface area contributed by atoms with Crippen LogP contribution in [0.2, 0.25) is 0 Å². The molecule has 0 bridgehead atoms. The topological polar surface area (TPSA) is 35.6 Å². The molecule has 1 aromatic carbocycles. The largest absolute Gasteiger partial charge is 0.354 e. The highest BCUT2D eigenvalue weighted by atomic mass is 16.2. The molecule has 0 aliphatic carbocycles. The van der Waals surface area contributed by atoms with Crippen LogP contribution in [0.25, 0.3) is 0 Å². The molecule has 138 valence electrons. The number of piperidine rings is 1. The number of nitrogens with one attached hydrogen (secondary N) is 1. The zero-order valence-electron chi connectivity index (χ0n) is 15.8. The number of amides is 1. The van der Waals surface area contributed by atoms with E-state index >= 15 is 0 Å². The Morgan fingerprint density at radius 3 is 2.64 bits per heavy atom. The van der Waals surface area contributed by atoms with E-state index in [-0.39, 0.29) is 11.9 Å². The van der Waals surface area contributed by atoms with E-state index in [9.17, 15) is 4.79 Å². The second-order valence-corrected chi connectivity index (χ2v) is 8.02. The Balaban J connectivity index is 1.55. The Kier molecular flexibility index (Phi) is 6.13. The Morgan fingerprint density at radius 1 is 1.24 bits per heavy atom. The predicted octanol–water partition coefficient (Wildman–Crippen LogP) is 2.54. The minimum Gasteiger partial charge on any atom is -0.354 e. The van der Waals surface area contributed by atoms with Crippen molar-refractivity contribution in [2.75, 3.05) is 39.8 Å². The number of nitrogens with zero attached hydrogens (tertiary/aromatic N) is 2. The van der Waals surface area contributed by atoms with E-state index in [1.165, 1.54) is 31.5 Å². The van der Waals surface area contributed by atoms with Crippen molar-refractivity contribution < 1.29 is 4.79 Å². The molecule has 2 saturated heterocycles. The molecule has 0 unspecified atom stereocenters. The molecule has 2 fully saturated rings. The molecule has 25 heavy (non-hydrogen) atoms. The molecule has 4 nitrogen and oxygen atoms in total. The van der Waals surface area contributed by atoms with Crippen molar-refractivity contribution in [2.24, 2.45) is 5.41 Å². The highest BCUT2D eigenvalue weighted by Gasteiger charge is 2.47. The van der Waals surface area contributed by atoms with E-state index in [2.05, 4.69) is 53.4 Å². The van der Waals surface area contributed by atoms with Crippen molar-refractivity contribution in [3.63, 3.8) is 0 Å². The van der Waals surface area contributed by atoms with Gasteiger partial charge in [0.15, 0.2) is 0 Å². The summed E-state index contributed by atoms with van der Waals surface area (Å²) < 4.78 is 0. The molecule has 1 atom stereocenters. The van der Waals surface area contributed by atoms with Crippen molar-refractivity contribution in [1.82, 2.24) is 15.1 Å². The van der Waals surface area contributed by atoms with Crippen LogP contribution < -0.4 is 5.32 Å². The van der Waals surface area contributed by atoms with Crippen LogP contribution in [0, 0.1) is 5.41 Å². The third kappa shape index (κ3) is 4.62. The first kappa shape index (κ1) is 18.4. The number of hydrogen-bond acceptors (Lipinski definition) is 3. The quantitative estimate of drug-likeness (QED) is 0.862. The Hall–Kier alpha value is -1.39. The van der Waals surface area contributed by atoms with Gasteiger partial charge in [0.2, 0.25) is 5.91 Å². The lowest BCUT2D eigenvalue weighted by Gasteiger charge is -2.37. The summed E-state index contributed by atoms with van der Waals surface area (Å²) in [6.07, 6.45) is 5.53. The van der Waals surface area contributed by atoms with Crippen molar-refractivity contribution in [3.05, 3.63) is 35.9 Å².